The number of hydrogen-bond acceptors (Lipinski definition) is 8. The number of nitro groups is 1. The summed E-state index contributed by atoms with van der Waals surface area (Å²) in [5.41, 5.74) is -3.80. The second-order valence-electron chi connectivity index (χ2n) is 7.75. The summed E-state index contributed by atoms with van der Waals surface area (Å²) < 4.78 is 29.9. The van der Waals surface area contributed by atoms with E-state index in [-0.39, 0.29) is 18.8 Å². The molecule has 0 radical (unpaired) electrons. The second-order valence-corrected chi connectivity index (χ2v) is 7.75. The maximum atomic E-state index is 14.4. The van der Waals surface area contributed by atoms with E-state index >= 15 is 0 Å². The van der Waals surface area contributed by atoms with Gasteiger partial charge in [-0.2, -0.15) is 4.39 Å². The lowest BCUT2D eigenvalue weighted by molar-refractivity contribution is -0.387. The SMILES string of the molecule is CCOC(=O)C1C(C(=O)OCC)C1(C(=O)OC(C)(C)C)c1ccc([N+](=O)[O-])c(F)c1. The Morgan fingerprint density at radius 2 is 1.60 bits per heavy atom. The summed E-state index contributed by atoms with van der Waals surface area (Å²) in [6, 6.07) is 2.78. The fourth-order valence-electron chi connectivity index (χ4n) is 3.50. The van der Waals surface area contributed by atoms with Crippen molar-refractivity contribution in [3.05, 3.63) is 39.7 Å². The number of ether oxygens (including phenoxy) is 3. The first-order valence-electron chi connectivity index (χ1n) is 9.42. The summed E-state index contributed by atoms with van der Waals surface area (Å²) in [6.07, 6.45) is 0. The number of nitrogens with zero attached hydrogens (tertiary/aromatic N) is 1. The Morgan fingerprint density at radius 3 is 1.97 bits per heavy atom. The van der Waals surface area contributed by atoms with Crippen molar-refractivity contribution in [3.8, 4) is 0 Å². The third kappa shape index (κ3) is 4.12. The molecule has 9 nitrogen and oxygen atoms in total. The molecule has 2 unspecified atom stereocenters. The van der Waals surface area contributed by atoms with Crippen LogP contribution in [0.15, 0.2) is 18.2 Å². The van der Waals surface area contributed by atoms with E-state index < -0.39 is 57.2 Å². The van der Waals surface area contributed by atoms with Crippen LogP contribution in [0.4, 0.5) is 10.1 Å². The molecule has 0 aromatic heterocycles. The van der Waals surface area contributed by atoms with E-state index in [1.54, 1.807) is 34.6 Å². The molecule has 1 aromatic carbocycles. The summed E-state index contributed by atoms with van der Waals surface area (Å²) in [5.74, 6) is -6.48. The van der Waals surface area contributed by atoms with Gasteiger partial charge in [-0.05, 0) is 46.2 Å². The molecule has 1 saturated carbocycles. The summed E-state index contributed by atoms with van der Waals surface area (Å²) in [4.78, 5) is 48.5. The molecular weight excluding hydrogens is 401 g/mol. The minimum Gasteiger partial charge on any atom is -0.466 e. The molecule has 0 aliphatic heterocycles. The van der Waals surface area contributed by atoms with Gasteiger partial charge in [-0.15, -0.1) is 0 Å². The van der Waals surface area contributed by atoms with Crippen molar-refractivity contribution in [1.82, 2.24) is 0 Å². The fraction of sp³-hybridized carbons (Fsp3) is 0.550. The van der Waals surface area contributed by atoms with Gasteiger partial charge in [0.05, 0.1) is 30.0 Å². The first-order chi connectivity index (χ1) is 13.9. The zero-order valence-electron chi connectivity index (χ0n) is 17.4. The van der Waals surface area contributed by atoms with Crippen LogP contribution in [0, 0.1) is 27.8 Å². The molecule has 1 aromatic rings. The van der Waals surface area contributed by atoms with Crippen molar-refractivity contribution in [3.63, 3.8) is 0 Å². The number of hydrogen-bond donors (Lipinski definition) is 0. The highest BCUT2D eigenvalue weighted by Gasteiger charge is 2.79. The first kappa shape index (κ1) is 23.2. The molecule has 0 amide bonds. The average Bonchev–Trinajstić information content (AvgIpc) is 3.32. The molecule has 0 bridgehead atoms. The smallest absolute Gasteiger partial charge is 0.318 e. The lowest BCUT2D eigenvalue weighted by atomic mass is 9.90. The largest absolute Gasteiger partial charge is 0.466 e. The van der Waals surface area contributed by atoms with Crippen LogP contribution in [0.3, 0.4) is 0 Å². The van der Waals surface area contributed by atoms with Crippen LogP contribution in [0.2, 0.25) is 0 Å². The van der Waals surface area contributed by atoms with E-state index in [1.807, 2.05) is 0 Å². The van der Waals surface area contributed by atoms with Gasteiger partial charge in [0.15, 0.2) is 0 Å². The van der Waals surface area contributed by atoms with Crippen LogP contribution in [0.1, 0.15) is 40.2 Å². The first-order valence-corrected chi connectivity index (χ1v) is 9.42. The Labute approximate surface area is 172 Å². The minimum atomic E-state index is -1.91. The minimum absolute atomic E-state index is 0.0100. The monoisotopic (exact) mass is 425 g/mol. The zero-order chi connectivity index (χ0) is 22.9. The highest BCUT2D eigenvalue weighted by atomic mass is 19.1. The molecule has 2 rings (SSSR count). The van der Waals surface area contributed by atoms with E-state index in [0.29, 0.717) is 0 Å². The van der Waals surface area contributed by atoms with Gasteiger partial charge in [-0.1, -0.05) is 6.07 Å². The van der Waals surface area contributed by atoms with Crippen LogP contribution in [0.25, 0.3) is 0 Å². The second kappa shape index (κ2) is 8.37. The van der Waals surface area contributed by atoms with Gasteiger partial charge >= 0.3 is 23.6 Å². The van der Waals surface area contributed by atoms with Crippen LogP contribution in [-0.4, -0.2) is 41.6 Å². The summed E-state index contributed by atoms with van der Waals surface area (Å²) >= 11 is 0. The third-order valence-corrected chi connectivity index (χ3v) is 4.65. The number of halogens is 1. The number of rotatable bonds is 7. The lowest BCUT2D eigenvalue weighted by Gasteiger charge is -2.25. The van der Waals surface area contributed by atoms with Gasteiger partial charge in [0, 0.05) is 6.07 Å². The predicted molar refractivity (Wildman–Crippen MR) is 101 cm³/mol. The average molecular weight is 425 g/mol. The molecular formula is C20H24FNO8. The molecule has 10 heteroatoms. The number of carbonyl (C=O) groups excluding carboxylic acids is 3. The lowest BCUT2D eigenvalue weighted by Crippen LogP contribution is -2.36. The Balaban J connectivity index is 2.68. The quantitative estimate of drug-likeness (QED) is 0.283. The van der Waals surface area contributed by atoms with Crippen molar-refractivity contribution in [2.45, 2.75) is 45.6 Å². The molecule has 1 aliphatic carbocycles. The van der Waals surface area contributed by atoms with Crippen molar-refractivity contribution < 1.29 is 37.9 Å². The molecule has 0 spiro atoms. The Bertz CT molecular complexity index is 852. The molecule has 164 valence electrons. The highest BCUT2D eigenvalue weighted by molar-refractivity contribution is 6.05. The molecule has 0 N–H and O–H groups in total. The normalized spacial score (nSPS) is 22.7. The van der Waals surface area contributed by atoms with Crippen LogP contribution in [-0.2, 0) is 34.0 Å². The number of benzene rings is 1. The summed E-state index contributed by atoms with van der Waals surface area (Å²) in [7, 11) is 0. The van der Waals surface area contributed by atoms with Crippen molar-refractivity contribution in [2.75, 3.05) is 13.2 Å². The van der Waals surface area contributed by atoms with Crippen LogP contribution >= 0.6 is 0 Å². The van der Waals surface area contributed by atoms with Crippen LogP contribution < -0.4 is 0 Å². The van der Waals surface area contributed by atoms with Gasteiger partial charge < -0.3 is 14.2 Å². The Morgan fingerprint density at radius 1 is 1.10 bits per heavy atom. The molecule has 30 heavy (non-hydrogen) atoms. The summed E-state index contributed by atoms with van der Waals surface area (Å²) in [5, 5.41) is 11.0. The van der Waals surface area contributed by atoms with Gasteiger partial charge in [0.2, 0.25) is 5.82 Å². The van der Waals surface area contributed by atoms with Gasteiger partial charge in [0.1, 0.15) is 11.0 Å². The fourth-order valence-corrected chi connectivity index (χ4v) is 3.50. The van der Waals surface area contributed by atoms with Crippen molar-refractivity contribution in [2.24, 2.45) is 11.8 Å². The standard InChI is InChI=1S/C20H24FNO8/c1-6-28-16(23)14-15(17(24)29-7-2)20(14,18(25)30-19(3,4)5)11-8-9-13(22(26)27)12(21)10-11/h8-10,14-15H,6-7H2,1-5H3. The molecule has 1 fully saturated rings. The van der Waals surface area contributed by atoms with Crippen LogP contribution in [0.5, 0.6) is 0 Å². The summed E-state index contributed by atoms with van der Waals surface area (Å²) in [6.45, 7) is 7.87. The van der Waals surface area contributed by atoms with E-state index in [4.69, 9.17) is 14.2 Å². The van der Waals surface area contributed by atoms with Gasteiger partial charge in [-0.3, -0.25) is 24.5 Å². The molecule has 0 saturated heterocycles. The Hall–Kier alpha value is -3.04. The van der Waals surface area contributed by atoms with E-state index in [9.17, 15) is 28.9 Å². The van der Waals surface area contributed by atoms with Gasteiger partial charge in [0.25, 0.3) is 0 Å². The van der Waals surface area contributed by atoms with E-state index in [1.165, 1.54) is 0 Å². The van der Waals surface area contributed by atoms with E-state index in [0.717, 1.165) is 18.2 Å². The predicted octanol–water partition coefficient (Wildman–Crippen LogP) is 2.69. The number of nitro benzene ring substituents is 1. The van der Waals surface area contributed by atoms with Crippen molar-refractivity contribution >= 4 is 23.6 Å². The third-order valence-electron chi connectivity index (χ3n) is 4.65. The number of carbonyl (C=O) groups is 3. The topological polar surface area (TPSA) is 122 Å². The van der Waals surface area contributed by atoms with E-state index in [2.05, 4.69) is 0 Å². The van der Waals surface area contributed by atoms with Crippen molar-refractivity contribution in [1.29, 1.82) is 0 Å². The molecule has 1 aliphatic rings. The highest BCUT2D eigenvalue weighted by Crippen LogP contribution is 2.62. The Kier molecular flexibility index (Phi) is 6.48. The maximum Gasteiger partial charge on any atom is 0.318 e. The maximum absolute atomic E-state index is 14.4. The molecule has 2 atom stereocenters. The van der Waals surface area contributed by atoms with Gasteiger partial charge in [-0.25, -0.2) is 0 Å². The zero-order valence-corrected chi connectivity index (χ0v) is 17.4. The number of esters is 3. The molecule has 0 heterocycles.